The predicted molar refractivity (Wildman–Crippen MR) is 112 cm³/mol. The van der Waals surface area contributed by atoms with Gasteiger partial charge in [0.2, 0.25) is 5.91 Å². The van der Waals surface area contributed by atoms with Crippen molar-refractivity contribution in [3.05, 3.63) is 65.7 Å². The Labute approximate surface area is 168 Å². The first kappa shape index (κ1) is 22.0. The molecule has 2 rings (SSSR count). The molecular weight excluding hydrogens is 374 g/mol. The first-order valence-corrected chi connectivity index (χ1v) is 11.3. The first-order valence-electron chi connectivity index (χ1n) is 9.69. The van der Waals surface area contributed by atoms with Crippen LogP contribution in [0.5, 0.6) is 5.75 Å². The lowest BCUT2D eigenvalue weighted by Crippen LogP contribution is -2.37. The molecule has 0 N–H and O–H groups in total. The van der Waals surface area contributed by atoms with E-state index in [0.29, 0.717) is 19.4 Å². The van der Waals surface area contributed by atoms with E-state index in [0.717, 1.165) is 17.5 Å². The van der Waals surface area contributed by atoms with Gasteiger partial charge in [-0.25, -0.2) is 0 Å². The van der Waals surface area contributed by atoms with Gasteiger partial charge in [-0.1, -0.05) is 49.4 Å². The van der Waals surface area contributed by atoms with Gasteiger partial charge in [0.25, 0.3) is 0 Å². The second-order valence-corrected chi connectivity index (χ2v) is 8.70. The normalized spacial score (nSPS) is 12.4. The van der Waals surface area contributed by atoms with Crippen LogP contribution in [-0.4, -0.2) is 31.0 Å². The molecule has 0 saturated heterocycles. The molecule has 0 saturated carbocycles. The summed E-state index contributed by atoms with van der Waals surface area (Å²) in [5, 5.41) is 0. The van der Waals surface area contributed by atoms with Gasteiger partial charge in [-0.3, -0.25) is 4.79 Å². The van der Waals surface area contributed by atoms with Gasteiger partial charge in [0, 0.05) is 19.0 Å². The second-order valence-electron chi connectivity index (χ2n) is 6.84. The van der Waals surface area contributed by atoms with Gasteiger partial charge in [0.15, 0.2) is 0 Å². The molecule has 0 radical (unpaired) electrons. The Kier molecular flexibility index (Phi) is 8.05. The maximum Gasteiger partial charge on any atom is 0.308 e. The van der Waals surface area contributed by atoms with Crippen LogP contribution in [0.25, 0.3) is 0 Å². The third kappa shape index (κ3) is 6.68. The fourth-order valence-corrected chi connectivity index (χ4v) is 3.32. The lowest BCUT2D eigenvalue weighted by molar-refractivity contribution is -0.134. The van der Waals surface area contributed by atoms with Crippen LogP contribution in [-0.2, 0) is 27.9 Å². The Morgan fingerprint density at radius 2 is 1.64 bits per heavy atom. The Morgan fingerprint density at radius 3 is 2.21 bits per heavy atom. The Bertz CT molecular complexity index is 848. The Morgan fingerprint density at radius 1 is 1.00 bits per heavy atom. The quantitative estimate of drug-likeness (QED) is 0.559. The summed E-state index contributed by atoms with van der Waals surface area (Å²) < 4.78 is 28.1. The maximum atomic E-state index is 12.8. The number of carbonyl (C=O) groups excluding carboxylic acids is 1. The monoisotopic (exact) mass is 403 g/mol. The van der Waals surface area contributed by atoms with Crippen LogP contribution in [0.1, 0.15) is 44.7 Å². The summed E-state index contributed by atoms with van der Waals surface area (Å²) in [7, 11) is -3.54. The maximum absolute atomic E-state index is 12.8. The van der Waals surface area contributed by atoms with Gasteiger partial charge < -0.3 is 9.08 Å². The molecule has 0 aliphatic carbocycles. The molecule has 0 fully saturated rings. The molecule has 0 spiro atoms. The van der Waals surface area contributed by atoms with Gasteiger partial charge >= 0.3 is 10.1 Å². The summed E-state index contributed by atoms with van der Waals surface area (Å²) in [6, 6.07) is 17.0. The van der Waals surface area contributed by atoms with E-state index in [1.165, 1.54) is 6.92 Å². The third-order valence-corrected chi connectivity index (χ3v) is 5.92. The van der Waals surface area contributed by atoms with Crippen molar-refractivity contribution in [3.8, 4) is 5.75 Å². The molecule has 5 nitrogen and oxygen atoms in total. The molecule has 1 atom stereocenters. The van der Waals surface area contributed by atoms with Crippen LogP contribution < -0.4 is 4.18 Å². The molecular formula is C22H29NO4S. The summed E-state index contributed by atoms with van der Waals surface area (Å²) >= 11 is 0. The summed E-state index contributed by atoms with van der Waals surface area (Å²) in [4.78, 5) is 14.7. The standard InChI is InChI=1S/C22H29NO4S/c1-4-18(3)23(22(24)16-13-19-9-7-6-8-10-19)17-20-11-14-21(15-12-20)27-28(25,26)5-2/h6-12,14-15,18H,4-5,13,16-17H2,1-3H3/t18-/m0/s1. The highest BCUT2D eigenvalue weighted by atomic mass is 32.2. The lowest BCUT2D eigenvalue weighted by Gasteiger charge is -2.29. The lowest BCUT2D eigenvalue weighted by atomic mass is 10.1. The van der Waals surface area contributed by atoms with E-state index in [1.807, 2.05) is 42.2 Å². The van der Waals surface area contributed by atoms with Gasteiger partial charge in [-0.2, -0.15) is 8.42 Å². The molecule has 6 heteroatoms. The highest BCUT2D eigenvalue weighted by Gasteiger charge is 2.19. The van der Waals surface area contributed by atoms with Gasteiger partial charge in [-0.05, 0) is 49.9 Å². The number of rotatable bonds is 10. The highest BCUT2D eigenvalue weighted by molar-refractivity contribution is 7.87. The van der Waals surface area contributed by atoms with E-state index >= 15 is 0 Å². The molecule has 0 unspecified atom stereocenters. The summed E-state index contributed by atoms with van der Waals surface area (Å²) in [5.74, 6) is 0.329. The topological polar surface area (TPSA) is 63.7 Å². The molecule has 0 heterocycles. The fourth-order valence-electron chi connectivity index (χ4n) is 2.80. The Hall–Kier alpha value is -2.34. The zero-order valence-corrected chi connectivity index (χ0v) is 17.6. The van der Waals surface area contributed by atoms with Crippen LogP contribution in [0.15, 0.2) is 54.6 Å². The number of carbonyl (C=O) groups is 1. The highest BCUT2D eigenvalue weighted by Crippen LogP contribution is 2.18. The van der Waals surface area contributed by atoms with Crippen LogP contribution >= 0.6 is 0 Å². The SMILES string of the molecule is CC[C@H](C)N(Cc1ccc(OS(=O)(=O)CC)cc1)C(=O)CCc1ccccc1. The molecule has 152 valence electrons. The third-order valence-electron chi connectivity index (χ3n) is 4.77. The molecule has 0 aromatic heterocycles. The number of aryl methyl sites for hydroxylation is 1. The number of amides is 1. The van der Waals surface area contributed by atoms with Crippen molar-refractivity contribution >= 4 is 16.0 Å². The van der Waals surface area contributed by atoms with Gasteiger partial charge in [0.05, 0.1) is 5.75 Å². The van der Waals surface area contributed by atoms with Crippen LogP contribution in [0.2, 0.25) is 0 Å². The minimum absolute atomic E-state index is 0.0769. The summed E-state index contributed by atoms with van der Waals surface area (Å²) in [6.07, 6.45) is 2.05. The molecule has 2 aromatic rings. The van der Waals surface area contributed by atoms with Crippen molar-refractivity contribution in [1.82, 2.24) is 4.90 Å². The molecule has 2 aromatic carbocycles. The minimum Gasteiger partial charge on any atom is -0.382 e. The van der Waals surface area contributed by atoms with Crippen molar-refractivity contribution in [2.75, 3.05) is 5.75 Å². The number of nitrogens with zero attached hydrogens (tertiary/aromatic N) is 1. The summed E-state index contributed by atoms with van der Waals surface area (Å²) in [5.41, 5.74) is 2.09. The van der Waals surface area contributed by atoms with E-state index in [1.54, 1.807) is 24.3 Å². The fraction of sp³-hybridized carbons (Fsp3) is 0.409. The molecule has 28 heavy (non-hydrogen) atoms. The first-order chi connectivity index (χ1) is 13.3. The minimum atomic E-state index is -3.54. The predicted octanol–water partition coefficient (Wildman–Crippen LogP) is 4.18. The smallest absolute Gasteiger partial charge is 0.308 e. The molecule has 0 aliphatic heterocycles. The van der Waals surface area contributed by atoms with E-state index in [9.17, 15) is 13.2 Å². The van der Waals surface area contributed by atoms with E-state index in [2.05, 4.69) is 6.92 Å². The second kappa shape index (κ2) is 10.3. The van der Waals surface area contributed by atoms with Gasteiger partial charge in [0.1, 0.15) is 5.75 Å². The van der Waals surface area contributed by atoms with E-state index in [-0.39, 0.29) is 23.5 Å². The van der Waals surface area contributed by atoms with Crippen molar-refractivity contribution in [1.29, 1.82) is 0 Å². The van der Waals surface area contributed by atoms with Crippen molar-refractivity contribution in [2.24, 2.45) is 0 Å². The van der Waals surface area contributed by atoms with Gasteiger partial charge in [-0.15, -0.1) is 0 Å². The summed E-state index contributed by atoms with van der Waals surface area (Å²) in [6.45, 7) is 6.14. The number of benzene rings is 2. The molecule has 0 bridgehead atoms. The van der Waals surface area contributed by atoms with Crippen LogP contribution in [0.4, 0.5) is 0 Å². The largest absolute Gasteiger partial charge is 0.382 e. The zero-order valence-electron chi connectivity index (χ0n) is 16.8. The molecule has 1 amide bonds. The van der Waals surface area contributed by atoms with Crippen LogP contribution in [0.3, 0.4) is 0 Å². The molecule has 0 aliphatic rings. The van der Waals surface area contributed by atoms with Crippen LogP contribution in [0, 0.1) is 0 Å². The average molecular weight is 404 g/mol. The number of hydrogen-bond donors (Lipinski definition) is 0. The Balaban J connectivity index is 2.04. The van der Waals surface area contributed by atoms with Crippen molar-refractivity contribution in [2.45, 2.75) is 52.6 Å². The van der Waals surface area contributed by atoms with E-state index in [4.69, 9.17) is 4.18 Å². The number of hydrogen-bond acceptors (Lipinski definition) is 4. The average Bonchev–Trinajstić information content (AvgIpc) is 2.71. The zero-order chi connectivity index (χ0) is 20.6. The van der Waals surface area contributed by atoms with Crippen molar-refractivity contribution < 1.29 is 17.4 Å². The van der Waals surface area contributed by atoms with E-state index < -0.39 is 10.1 Å². The van der Waals surface area contributed by atoms with Crippen molar-refractivity contribution in [3.63, 3.8) is 0 Å².